The summed E-state index contributed by atoms with van der Waals surface area (Å²) in [6, 6.07) is 8.18. The van der Waals surface area contributed by atoms with E-state index in [0.29, 0.717) is 0 Å². The van der Waals surface area contributed by atoms with Gasteiger partial charge in [-0.05, 0) is 48.7 Å². The number of nitrogens with one attached hydrogen (secondary N) is 1. The summed E-state index contributed by atoms with van der Waals surface area (Å²) in [5, 5.41) is 6.15. The molecule has 1 heterocycles. The molecule has 1 N–H and O–H groups in total. The normalized spacial score (nSPS) is 12.4. The summed E-state index contributed by atoms with van der Waals surface area (Å²) in [5.74, 6) is 0.878. The fourth-order valence-corrected chi connectivity index (χ4v) is 3.33. The van der Waals surface area contributed by atoms with Gasteiger partial charge in [-0.25, -0.2) is 0 Å². The Morgan fingerprint density at radius 1 is 1.33 bits per heavy atom. The van der Waals surface area contributed by atoms with Crippen LogP contribution in [0.2, 0.25) is 5.02 Å². The van der Waals surface area contributed by atoms with Crippen molar-refractivity contribution in [3.63, 3.8) is 0 Å². The van der Waals surface area contributed by atoms with E-state index in [1.165, 1.54) is 11.1 Å². The summed E-state index contributed by atoms with van der Waals surface area (Å²) in [5.41, 5.74) is 2.42. The molecule has 0 amide bonds. The highest BCUT2D eigenvalue weighted by Crippen LogP contribution is 2.34. The first-order chi connectivity index (χ1) is 8.67. The second-order valence-corrected chi connectivity index (χ2v) is 5.43. The van der Waals surface area contributed by atoms with Crippen LogP contribution in [0.5, 0.6) is 5.75 Å². The molecule has 0 aliphatic heterocycles. The summed E-state index contributed by atoms with van der Waals surface area (Å²) >= 11 is 7.89. The van der Waals surface area contributed by atoms with Crippen LogP contribution in [0.1, 0.15) is 22.0 Å². The van der Waals surface area contributed by atoms with E-state index in [2.05, 4.69) is 18.3 Å². The molecule has 18 heavy (non-hydrogen) atoms. The number of rotatable bonds is 4. The van der Waals surface area contributed by atoms with Gasteiger partial charge in [0.1, 0.15) is 5.75 Å². The molecule has 0 radical (unpaired) electrons. The van der Waals surface area contributed by atoms with Gasteiger partial charge in [-0.3, -0.25) is 0 Å². The lowest BCUT2D eigenvalue weighted by atomic mass is 10.00. The smallest absolute Gasteiger partial charge is 0.119 e. The number of aryl methyl sites for hydroxylation is 1. The van der Waals surface area contributed by atoms with E-state index in [4.69, 9.17) is 16.3 Å². The second kappa shape index (κ2) is 5.74. The van der Waals surface area contributed by atoms with Gasteiger partial charge in [0.15, 0.2) is 0 Å². The van der Waals surface area contributed by atoms with Crippen molar-refractivity contribution in [3.05, 3.63) is 50.7 Å². The van der Waals surface area contributed by atoms with E-state index in [0.717, 1.165) is 15.6 Å². The lowest BCUT2D eigenvalue weighted by Gasteiger charge is -2.18. The summed E-state index contributed by atoms with van der Waals surface area (Å²) < 4.78 is 5.23. The summed E-state index contributed by atoms with van der Waals surface area (Å²) in [6.07, 6.45) is 0. The van der Waals surface area contributed by atoms with Gasteiger partial charge in [-0.15, -0.1) is 11.3 Å². The SMILES string of the molecule is CNC(c1ccc(OC)cc1C)c1sccc1Cl. The van der Waals surface area contributed by atoms with Crippen molar-refractivity contribution in [3.8, 4) is 5.75 Å². The number of benzene rings is 1. The predicted molar refractivity (Wildman–Crippen MR) is 78.0 cm³/mol. The first kappa shape index (κ1) is 13.4. The molecule has 2 aromatic rings. The van der Waals surface area contributed by atoms with Gasteiger partial charge in [0.05, 0.1) is 18.2 Å². The zero-order valence-corrected chi connectivity index (χ0v) is 12.2. The van der Waals surface area contributed by atoms with Gasteiger partial charge in [-0.1, -0.05) is 17.7 Å². The van der Waals surface area contributed by atoms with Crippen molar-refractivity contribution in [1.82, 2.24) is 5.32 Å². The minimum atomic E-state index is 0.128. The highest BCUT2D eigenvalue weighted by atomic mass is 35.5. The van der Waals surface area contributed by atoms with Crippen LogP contribution < -0.4 is 10.1 Å². The van der Waals surface area contributed by atoms with Gasteiger partial charge in [0, 0.05) is 4.88 Å². The fourth-order valence-electron chi connectivity index (χ4n) is 2.04. The number of thiophene rings is 1. The average molecular weight is 282 g/mol. The molecular weight excluding hydrogens is 266 g/mol. The zero-order valence-electron chi connectivity index (χ0n) is 10.7. The molecular formula is C14H16ClNOS. The highest BCUT2D eigenvalue weighted by molar-refractivity contribution is 7.10. The maximum Gasteiger partial charge on any atom is 0.119 e. The third kappa shape index (κ3) is 2.53. The zero-order chi connectivity index (χ0) is 13.1. The molecule has 0 aliphatic carbocycles. The van der Waals surface area contributed by atoms with Crippen molar-refractivity contribution in [1.29, 1.82) is 0 Å². The van der Waals surface area contributed by atoms with E-state index >= 15 is 0 Å². The number of halogens is 1. The topological polar surface area (TPSA) is 21.3 Å². The number of hydrogen-bond acceptors (Lipinski definition) is 3. The van der Waals surface area contributed by atoms with Gasteiger partial charge in [-0.2, -0.15) is 0 Å². The summed E-state index contributed by atoms with van der Waals surface area (Å²) in [7, 11) is 3.63. The molecule has 0 bridgehead atoms. The van der Waals surface area contributed by atoms with E-state index in [1.54, 1.807) is 18.4 Å². The Balaban J connectivity index is 2.42. The molecule has 0 fully saturated rings. The Labute approximate surface area is 117 Å². The maximum absolute atomic E-state index is 6.22. The van der Waals surface area contributed by atoms with Crippen molar-refractivity contribution in [2.45, 2.75) is 13.0 Å². The molecule has 0 aliphatic rings. The highest BCUT2D eigenvalue weighted by Gasteiger charge is 2.18. The van der Waals surface area contributed by atoms with Crippen LogP contribution >= 0.6 is 22.9 Å². The number of ether oxygens (including phenoxy) is 1. The number of hydrogen-bond donors (Lipinski definition) is 1. The molecule has 96 valence electrons. The Morgan fingerprint density at radius 2 is 2.11 bits per heavy atom. The van der Waals surface area contributed by atoms with Crippen LogP contribution in [-0.4, -0.2) is 14.2 Å². The molecule has 0 saturated carbocycles. The molecule has 1 aromatic carbocycles. The van der Waals surface area contributed by atoms with Crippen LogP contribution in [0, 0.1) is 6.92 Å². The lowest BCUT2D eigenvalue weighted by molar-refractivity contribution is 0.414. The van der Waals surface area contributed by atoms with Gasteiger partial charge in [0.2, 0.25) is 0 Å². The molecule has 0 saturated heterocycles. The average Bonchev–Trinajstić information content (AvgIpc) is 2.78. The van der Waals surface area contributed by atoms with Gasteiger partial charge in [0.25, 0.3) is 0 Å². The van der Waals surface area contributed by atoms with Crippen LogP contribution in [0.4, 0.5) is 0 Å². The maximum atomic E-state index is 6.22. The molecule has 0 spiro atoms. The minimum Gasteiger partial charge on any atom is -0.497 e. The van der Waals surface area contributed by atoms with Gasteiger partial charge < -0.3 is 10.1 Å². The Kier molecular flexibility index (Phi) is 4.27. The third-order valence-electron chi connectivity index (χ3n) is 2.98. The molecule has 1 unspecified atom stereocenters. The van der Waals surface area contributed by atoms with Crippen molar-refractivity contribution < 1.29 is 4.74 Å². The molecule has 2 rings (SSSR count). The standard InChI is InChI=1S/C14H16ClNOS/c1-9-8-10(17-3)4-5-11(9)13(16-2)14-12(15)6-7-18-14/h4-8,13,16H,1-3H3. The van der Waals surface area contributed by atoms with Crippen molar-refractivity contribution in [2.75, 3.05) is 14.2 Å². The van der Waals surface area contributed by atoms with Crippen molar-refractivity contribution >= 4 is 22.9 Å². The van der Waals surface area contributed by atoms with E-state index in [1.807, 2.05) is 30.6 Å². The van der Waals surface area contributed by atoms with Crippen molar-refractivity contribution in [2.24, 2.45) is 0 Å². The van der Waals surface area contributed by atoms with Crippen LogP contribution in [0.15, 0.2) is 29.6 Å². The Morgan fingerprint density at radius 3 is 2.61 bits per heavy atom. The first-order valence-corrected chi connectivity index (χ1v) is 6.97. The Hall–Kier alpha value is -1.03. The van der Waals surface area contributed by atoms with E-state index in [-0.39, 0.29) is 6.04 Å². The second-order valence-electron chi connectivity index (χ2n) is 4.08. The molecule has 4 heteroatoms. The van der Waals surface area contributed by atoms with Crippen LogP contribution in [0.3, 0.4) is 0 Å². The predicted octanol–water partition coefficient (Wildman–Crippen LogP) is 4.03. The largest absolute Gasteiger partial charge is 0.497 e. The van der Waals surface area contributed by atoms with Gasteiger partial charge >= 0.3 is 0 Å². The Bertz CT molecular complexity index is 538. The summed E-state index contributed by atoms with van der Waals surface area (Å²) in [6.45, 7) is 2.09. The molecule has 1 atom stereocenters. The lowest BCUT2D eigenvalue weighted by Crippen LogP contribution is -2.17. The van der Waals surface area contributed by atoms with E-state index < -0.39 is 0 Å². The molecule has 1 aromatic heterocycles. The summed E-state index contributed by atoms with van der Waals surface area (Å²) in [4.78, 5) is 1.15. The fraction of sp³-hybridized carbons (Fsp3) is 0.286. The number of methoxy groups -OCH3 is 1. The third-order valence-corrected chi connectivity index (χ3v) is 4.41. The van der Waals surface area contributed by atoms with Crippen LogP contribution in [-0.2, 0) is 0 Å². The van der Waals surface area contributed by atoms with E-state index in [9.17, 15) is 0 Å². The van der Waals surface area contributed by atoms with Crippen LogP contribution in [0.25, 0.3) is 0 Å². The first-order valence-electron chi connectivity index (χ1n) is 5.72. The quantitative estimate of drug-likeness (QED) is 0.914. The molecule has 2 nitrogen and oxygen atoms in total. The minimum absolute atomic E-state index is 0.128. The monoisotopic (exact) mass is 281 g/mol.